The zero-order valence-corrected chi connectivity index (χ0v) is 16.0. The minimum Gasteiger partial charge on any atom is -0.345 e. The Balaban J connectivity index is 1.65. The number of nitrogens with zero attached hydrogens (tertiary/aromatic N) is 2. The molecule has 0 saturated carbocycles. The quantitative estimate of drug-likeness (QED) is 0.749. The number of nitrogens with one attached hydrogen (secondary N) is 2. The number of anilines is 2. The molecule has 0 aliphatic carbocycles. The summed E-state index contributed by atoms with van der Waals surface area (Å²) in [6.07, 6.45) is -2.67. The molecule has 0 unspecified atom stereocenters. The zero-order chi connectivity index (χ0) is 19.4. The van der Waals surface area contributed by atoms with E-state index in [4.69, 9.17) is 23.8 Å². The number of aromatic nitrogens is 1. The highest BCUT2D eigenvalue weighted by atomic mass is 35.5. The molecule has 144 valence electrons. The number of pyridine rings is 1. The molecule has 0 amide bonds. The number of hydrogen-bond donors (Lipinski definition) is 1. The molecular formula is C18H19ClF3N4S+. The fourth-order valence-corrected chi connectivity index (χ4v) is 3.53. The second kappa shape index (κ2) is 8.31. The van der Waals surface area contributed by atoms with Crippen molar-refractivity contribution in [3.05, 3.63) is 53.2 Å². The van der Waals surface area contributed by atoms with Crippen LogP contribution in [0.1, 0.15) is 12.0 Å². The van der Waals surface area contributed by atoms with E-state index in [0.717, 1.165) is 30.9 Å². The Kier molecular flexibility index (Phi) is 6.06. The van der Waals surface area contributed by atoms with Crippen LogP contribution in [0, 0.1) is 0 Å². The molecule has 27 heavy (non-hydrogen) atoms. The van der Waals surface area contributed by atoms with Crippen molar-refractivity contribution in [1.29, 1.82) is 0 Å². The summed E-state index contributed by atoms with van der Waals surface area (Å²) in [5.41, 5.74) is 0.128. The summed E-state index contributed by atoms with van der Waals surface area (Å²) < 4.78 is 38.4. The van der Waals surface area contributed by atoms with Gasteiger partial charge in [-0.25, -0.2) is 4.98 Å². The molecule has 1 saturated heterocycles. The predicted molar refractivity (Wildman–Crippen MR) is 104 cm³/mol. The average Bonchev–Trinajstić information content (AvgIpc) is 2.88. The van der Waals surface area contributed by atoms with E-state index in [9.17, 15) is 13.2 Å². The van der Waals surface area contributed by atoms with E-state index in [1.807, 2.05) is 35.2 Å². The van der Waals surface area contributed by atoms with E-state index >= 15 is 0 Å². The van der Waals surface area contributed by atoms with Gasteiger partial charge in [-0.3, -0.25) is 4.90 Å². The highest BCUT2D eigenvalue weighted by molar-refractivity contribution is 7.80. The Morgan fingerprint density at radius 2 is 1.85 bits per heavy atom. The second-order valence-electron chi connectivity index (χ2n) is 6.21. The molecule has 1 fully saturated rings. The number of para-hydroxylation sites is 1. The number of rotatable bonds is 2. The normalized spacial score (nSPS) is 15.4. The summed E-state index contributed by atoms with van der Waals surface area (Å²) in [5.74, 6) is 0.494. The lowest BCUT2D eigenvalue weighted by atomic mass is 10.2. The van der Waals surface area contributed by atoms with E-state index in [1.165, 1.54) is 0 Å². The van der Waals surface area contributed by atoms with Gasteiger partial charge < -0.3 is 10.2 Å². The Labute approximate surface area is 165 Å². The van der Waals surface area contributed by atoms with Crippen LogP contribution in [0.2, 0.25) is 5.02 Å². The van der Waals surface area contributed by atoms with Crippen LogP contribution in [0.15, 0.2) is 42.6 Å². The summed E-state index contributed by atoms with van der Waals surface area (Å²) in [6, 6.07) is 10.6. The predicted octanol–water partition coefficient (Wildman–Crippen LogP) is 4.08. The molecule has 2 heterocycles. The largest absolute Gasteiger partial charge is 0.419 e. The van der Waals surface area contributed by atoms with Crippen molar-refractivity contribution in [2.45, 2.75) is 12.6 Å². The fourth-order valence-electron chi connectivity index (χ4n) is 2.94. The molecule has 1 aliphatic rings. The summed E-state index contributed by atoms with van der Waals surface area (Å²) in [5, 5.41) is 3.90. The molecule has 1 aromatic heterocycles. The first-order valence-electron chi connectivity index (χ1n) is 8.49. The van der Waals surface area contributed by atoms with Crippen molar-refractivity contribution in [3.8, 4) is 0 Å². The number of benzene rings is 1. The minimum absolute atomic E-state index is 0.0586. The first kappa shape index (κ1) is 19.7. The summed E-state index contributed by atoms with van der Waals surface area (Å²) >= 11 is 11.6. The van der Waals surface area contributed by atoms with Crippen LogP contribution in [0.5, 0.6) is 0 Å². The van der Waals surface area contributed by atoms with Gasteiger partial charge in [-0.05, 0) is 30.4 Å². The maximum absolute atomic E-state index is 12.8. The topological polar surface area (TPSA) is 32.7 Å². The van der Waals surface area contributed by atoms with E-state index in [0.29, 0.717) is 30.6 Å². The van der Waals surface area contributed by atoms with Crippen molar-refractivity contribution in [2.75, 3.05) is 36.4 Å². The molecule has 0 atom stereocenters. The van der Waals surface area contributed by atoms with E-state index in [-0.39, 0.29) is 5.02 Å². The highest BCUT2D eigenvalue weighted by Crippen LogP contribution is 2.32. The SMILES string of the molecule is FC(F)(F)c1c[nH+]c(N2CCCN(C(=S)Nc3ccccc3)CC2)c(Cl)c1. The highest BCUT2D eigenvalue weighted by Gasteiger charge is 2.34. The van der Waals surface area contributed by atoms with Gasteiger partial charge in [0, 0.05) is 18.7 Å². The molecular weight excluding hydrogens is 397 g/mol. The monoisotopic (exact) mass is 415 g/mol. The molecule has 1 aliphatic heterocycles. The Bertz CT molecular complexity index is 801. The standard InChI is InChI=1S/C18H18ClF3N4S/c19-15-11-13(18(20,21)22)12-23-16(15)25-7-4-8-26(10-9-25)17(27)24-14-5-2-1-3-6-14/h1-3,5-6,11-12H,4,7-10H2,(H,24,27)/p+1. The van der Waals surface area contributed by atoms with Crippen molar-refractivity contribution >= 4 is 40.4 Å². The van der Waals surface area contributed by atoms with Gasteiger partial charge in [0.15, 0.2) is 5.11 Å². The molecule has 4 nitrogen and oxygen atoms in total. The molecule has 2 N–H and O–H groups in total. The van der Waals surface area contributed by atoms with Crippen molar-refractivity contribution in [3.63, 3.8) is 0 Å². The lowest BCUT2D eigenvalue weighted by Gasteiger charge is -2.23. The molecule has 1 aromatic carbocycles. The number of thiocarbonyl (C=S) groups is 1. The third-order valence-corrected chi connectivity index (χ3v) is 4.97. The average molecular weight is 416 g/mol. The number of hydrogen-bond acceptors (Lipinski definition) is 2. The second-order valence-corrected chi connectivity index (χ2v) is 7.00. The van der Waals surface area contributed by atoms with Crippen molar-refractivity contribution < 1.29 is 18.2 Å². The number of halogens is 4. The lowest BCUT2D eigenvalue weighted by Crippen LogP contribution is -2.38. The Morgan fingerprint density at radius 3 is 2.52 bits per heavy atom. The van der Waals surface area contributed by atoms with Gasteiger partial charge in [-0.15, -0.1) is 0 Å². The van der Waals surface area contributed by atoms with Crippen molar-refractivity contribution in [1.82, 2.24) is 4.90 Å². The van der Waals surface area contributed by atoms with Gasteiger partial charge in [0.2, 0.25) is 0 Å². The smallest absolute Gasteiger partial charge is 0.345 e. The van der Waals surface area contributed by atoms with E-state index < -0.39 is 11.7 Å². The molecule has 0 radical (unpaired) electrons. The van der Waals surface area contributed by atoms with Gasteiger partial charge in [0.1, 0.15) is 17.8 Å². The lowest BCUT2D eigenvalue weighted by molar-refractivity contribution is -0.367. The van der Waals surface area contributed by atoms with Crippen LogP contribution in [-0.2, 0) is 6.18 Å². The van der Waals surface area contributed by atoms with Crippen LogP contribution in [-0.4, -0.2) is 36.2 Å². The molecule has 0 spiro atoms. The van der Waals surface area contributed by atoms with Crippen LogP contribution < -0.4 is 15.2 Å². The van der Waals surface area contributed by atoms with Gasteiger partial charge >= 0.3 is 6.18 Å². The maximum atomic E-state index is 12.8. The minimum atomic E-state index is -4.43. The van der Waals surface area contributed by atoms with Crippen LogP contribution >= 0.6 is 23.8 Å². The fraction of sp³-hybridized carbons (Fsp3) is 0.333. The van der Waals surface area contributed by atoms with E-state index in [1.54, 1.807) is 0 Å². The molecule has 9 heteroatoms. The van der Waals surface area contributed by atoms with Gasteiger partial charge in [0.25, 0.3) is 5.82 Å². The summed E-state index contributed by atoms with van der Waals surface area (Å²) in [7, 11) is 0. The van der Waals surface area contributed by atoms with Crippen LogP contribution in [0.25, 0.3) is 0 Å². The summed E-state index contributed by atoms with van der Waals surface area (Å²) in [6.45, 7) is 2.67. The van der Waals surface area contributed by atoms with Gasteiger partial charge in [0.05, 0.1) is 18.7 Å². The number of H-pyrrole nitrogens is 1. The number of alkyl halides is 3. The van der Waals surface area contributed by atoms with Crippen molar-refractivity contribution in [2.24, 2.45) is 0 Å². The maximum Gasteiger partial charge on any atom is 0.419 e. The van der Waals surface area contributed by atoms with Crippen LogP contribution in [0.3, 0.4) is 0 Å². The first-order chi connectivity index (χ1) is 12.8. The van der Waals surface area contributed by atoms with Gasteiger partial charge in [-0.2, -0.15) is 13.2 Å². The molecule has 0 bridgehead atoms. The van der Waals surface area contributed by atoms with Gasteiger partial charge in [-0.1, -0.05) is 29.8 Å². The Hall–Kier alpha value is -2.06. The zero-order valence-electron chi connectivity index (χ0n) is 14.4. The molecule has 2 aromatic rings. The van der Waals surface area contributed by atoms with Crippen LogP contribution in [0.4, 0.5) is 24.7 Å². The molecule has 3 rings (SSSR count). The summed E-state index contributed by atoms with van der Waals surface area (Å²) in [4.78, 5) is 6.71. The third-order valence-electron chi connectivity index (χ3n) is 4.32. The Morgan fingerprint density at radius 1 is 1.11 bits per heavy atom. The number of aromatic amines is 1. The third kappa shape index (κ3) is 5.01. The van der Waals surface area contributed by atoms with E-state index in [2.05, 4.69) is 15.2 Å². The first-order valence-corrected chi connectivity index (χ1v) is 9.27.